The Morgan fingerprint density at radius 1 is 1.53 bits per heavy atom. The third-order valence-electron chi connectivity index (χ3n) is 3.30. The number of carbonyl (C=O) groups is 2. The van der Waals surface area contributed by atoms with Crippen molar-refractivity contribution in [2.24, 2.45) is 7.05 Å². The maximum atomic E-state index is 12.5. The summed E-state index contributed by atoms with van der Waals surface area (Å²) >= 11 is 0. The molecule has 19 heavy (non-hydrogen) atoms. The van der Waals surface area contributed by atoms with Crippen molar-refractivity contribution in [1.82, 2.24) is 25.3 Å². The Kier molecular flexibility index (Phi) is 3.84. The summed E-state index contributed by atoms with van der Waals surface area (Å²) in [7, 11) is 3.35. The molecule has 2 N–H and O–H groups in total. The van der Waals surface area contributed by atoms with Gasteiger partial charge in [0.25, 0.3) is 5.91 Å². The number of likely N-dealkylation sites (N-methyl/N-ethyl adjacent to an activating group) is 1. The molecule has 1 aliphatic rings. The zero-order valence-corrected chi connectivity index (χ0v) is 11.4. The van der Waals surface area contributed by atoms with E-state index in [1.165, 1.54) is 0 Å². The van der Waals surface area contributed by atoms with Crippen molar-refractivity contribution in [2.75, 3.05) is 26.7 Å². The van der Waals surface area contributed by atoms with E-state index in [1.54, 1.807) is 36.8 Å². The van der Waals surface area contributed by atoms with E-state index in [0.717, 1.165) is 0 Å². The lowest BCUT2D eigenvalue weighted by Gasteiger charge is -2.34. The zero-order chi connectivity index (χ0) is 14.0. The van der Waals surface area contributed by atoms with Crippen LogP contribution in [0.25, 0.3) is 0 Å². The van der Waals surface area contributed by atoms with E-state index >= 15 is 0 Å². The molecule has 0 bridgehead atoms. The number of piperazine rings is 1. The minimum Gasteiger partial charge on any atom is -0.357 e. The molecular formula is C12H19N5O2. The standard InChI is InChI=1S/C12H19N5O2/c1-8-9(7-16(3)15-8)12(19)17-5-4-14-6-10(17)11(18)13-2/h7,10,14H,4-6H2,1-3H3,(H,13,18). The van der Waals surface area contributed by atoms with Crippen LogP contribution < -0.4 is 10.6 Å². The van der Waals surface area contributed by atoms with Gasteiger partial charge >= 0.3 is 0 Å². The van der Waals surface area contributed by atoms with Crippen molar-refractivity contribution in [2.45, 2.75) is 13.0 Å². The Morgan fingerprint density at radius 3 is 2.84 bits per heavy atom. The second-order valence-electron chi connectivity index (χ2n) is 4.63. The zero-order valence-electron chi connectivity index (χ0n) is 11.4. The second-order valence-corrected chi connectivity index (χ2v) is 4.63. The van der Waals surface area contributed by atoms with Crippen LogP contribution in [0, 0.1) is 6.92 Å². The van der Waals surface area contributed by atoms with Crippen LogP contribution in [-0.4, -0.2) is 59.2 Å². The van der Waals surface area contributed by atoms with E-state index in [0.29, 0.717) is 30.9 Å². The van der Waals surface area contributed by atoms with Gasteiger partial charge in [-0.2, -0.15) is 5.10 Å². The molecule has 1 atom stereocenters. The second kappa shape index (κ2) is 5.40. The number of hydrogen-bond acceptors (Lipinski definition) is 4. The predicted molar refractivity (Wildman–Crippen MR) is 69.7 cm³/mol. The van der Waals surface area contributed by atoms with Gasteiger partial charge in [0.1, 0.15) is 6.04 Å². The maximum Gasteiger partial charge on any atom is 0.258 e. The maximum absolute atomic E-state index is 12.5. The first kappa shape index (κ1) is 13.5. The monoisotopic (exact) mass is 265 g/mol. The molecule has 2 heterocycles. The molecule has 2 rings (SSSR count). The number of nitrogens with one attached hydrogen (secondary N) is 2. The average molecular weight is 265 g/mol. The molecule has 1 saturated heterocycles. The number of aryl methyl sites for hydroxylation is 2. The Labute approximate surface area is 111 Å². The molecule has 0 saturated carbocycles. The van der Waals surface area contributed by atoms with E-state index in [9.17, 15) is 9.59 Å². The summed E-state index contributed by atoms with van der Waals surface area (Å²) in [5.74, 6) is -0.289. The summed E-state index contributed by atoms with van der Waals surface area (Å²) < 4.78 is 1.61. The number of hydrogen-bond donors (Lipinski definition) is 2. The third kappa shape index (κ3) is 2.60. The van der Waals surface area contributed by atoms with E-state index in [1.807, 2.05) is 0 Å². The highest BCUT2D eigenvalue weighted by molar-refractivity contribution is 5.98. The van der Waals surface area contributed by atoms with Crippen molar-refractivity contribution < 1.29 is 9.59 Å². The van der Waals surface area contributed by atoms with Crippen molar-refractivity contribution in [3.63, 3.8) is 0 Å². The molecule has 0 radical (unpaired) electrons. The quantitative estimate of drug-likeness (QED) is 0.710. The lowest BCUT2D eigenvalue weighted by Crippen LogP contribution is -2.59. The number of amides is 2. The molecule has 1 aliphatic heterocycles. The minimum atomic E-state index is -0.467. The van der Waals surface area contributed by atoms with Gasteiger partial charge in [0, 0.05) is 39.9 Å². The molecular weight excluding hydrogens is 246 g/mol. The molecule has 2 amide bonds. The third-order valence-corrected chi connectivity index (χ3v) is 3.30. The van der Waals surface area contributed by atoms with Crippen LogP contribution in [0.3, 0.4) is 0 Å². The smallest absolute Gasteiger partial charge is 0.258 e. The number of aromatic nitrogens is 2. The highest BCUT2D eigenvalue weighted by atomic mass is 16.2. The molecule has 7 nitrogen and oxygen atoms in total. The Bertz CT molecular complexity index is 496. The van der Waals surface area contributed by atoms with Crippen LogP contribution in [0.15, 0.2) is 6.20 Å². The summed E-state index contributed by atoms with van der Waals surface area (Å²) in [6.45, 7) is 3.48. The Morgan fingerprint density at radius 2 is 2.26 bits per heavy atom. The Balaban J connectivity index is 2.25. The fourth-order valence-electron chi connectivity index (χ4n) is 2.31. The highest BCUT2D eigenvalue weighted by Gasteiger charge is 2.33. The highest BCUT2D eigenvalue weighted by Crippen LogP contribution is 2.13. The van der Waals surface area contributed by atoms with Crippen molar-refractivity contribution in [3.8, 4) is 0 Å². The summed E-state index contributed by atoms with van der Waals surface area (Å²) in [6.07, 6.45) is 1.70. The van der Waals surface area contributed by atoms with Gasteiger partial charge in [-0.25, -0.2) is 0 Å². The topological polar surface area (TPSA) is 79.3 Å². The summed E-state index contributed by atoms with van der Waals surface area (Å²) in [5, 5.41) is 9.90. The molecule has 7 heteroatoms. The van der Waals surface area contributed by atoms with Gasteiger partial charge < -0.3 is 15.5 Å². The summed E-state index contributed by atoms with van der Waals surface area (Å²) in [6, 6.07) is -0.467. The van der Waals surface area contributed by atoms with Gasteiger partial charge in [-0.15, -0.1) is 0 Å². The van der Waals surface area contributed by atoms with Crippen LogP contribution in [0.5, 0.6) is 0 Å². The number of carbonyl (C=O) groups excluding carboxylic acids is 2. The molecule has 1 fully saturated rings. The van der Waals surface area contributed by atoms with Gasteiger partial charge in [0.05, 0.1) is 11.3 Å². The first-order valence-electron chi connectivity index (χ1n) is 6.28. The molecule has 0 aliphatic carbocycles. The van der Waals surface area contributed by atoms with Gasteiger partial charge in [-0.05, 0) is 6.92 Å². The molecule has 1 unspecified atom stereocenters. The van der Waals surface area contributed by atoms with Crippen molar-refractivity contribution >= 4 is 11.8 Å². The fourth-order valence-corrected chi connectivity index (χ4v) is 2.31. The van der Waals surface area contributed by atoms with Crippen LogP contribution in [0.4, 0.5) is 0 Å². The molecule has 1 aromatic rings. The lowest BCUT2D eigenvalue weighted by molar-refractivity contribution is -0.125. The number of nitrogens with zero attached hydrogens (tertiary/aromatic N) is 3. The fraction of sp³-hybridized carbons (Fsp3) is 0.583. The molecule has 104 valence electrons. The van der Waals surface area contributed by atoms with E-state index in [-0.39, 0.29) is 11.8 Å². The summed E-state index contributed by atoms with van der Waals surface area (Å²) in [4.78, 5) is 26.0. The van der Waals surface area contributed by atoms with Crippen molar-refractivity contribution in [1.29, 1.82) is 0 Å². The Hall–Kier alpha value is -1.89. The predicted octanol–water partition coefficient (Wildman–Crippen LogP) is -1.11. The number of rotatable bonds is 2. The molecule has 1 aromatic heterocycles. The van der Waals surface area contributed by atoms with Gasteiger partial charge in [0.15, 0.2) is 0 Å². The normalized spacial score (nSPS) is 19.3. The van der Waals surface area contributed by atoms with Crippen LogP contribution in [0.1, 0.15) is 16.1 Å². The minimum absolute atomic E-state index is 0.138. The van der Waals surface area contributed by atoms with Crippen molar-refractivity contribution in [3.05, 3.63) is 17.5 Å². The van der Waals surface area contributed by atoms with E-state index in [2.05, 4.69) is 15.7 Å². The average Bonchev–Trinajstić information content (AvgIpc) is 2.76. The SMILES string of the molecule is CNC(=O)C1CNCCN1C(=O)c1cn(C)nc1C. The summed E-state index contributed by atoms with van der Waals surface area (Å²) in [5.41, 5.74) is 1.24. The van der Waals surface area contributed by atoms with E-state index in [4.69, 9.17) is 0 Å². The van der Waals surface area contributed by atoms with Crippen LogP contribution in [0.2, 0.25) is 0 Å². The lowest BCUT2D eigenvalue weighted by atomic mass is 10.1. The first-order valence-corrected chi connectivity index (χ1v) is 6.28. The molecule has 0 aromatic carbocycles. The molecule has 0 spiro atoms. The largest absolute Gasteiger partial charge is 0.357 e. The van der Waals surface area contributed by atoms with Gasteiger partial charge in [0.2, 0.25) is 5.91 Å². The van der Waals surface area contributed by atoms with Crippen LogP contribution >= 0.6 is 0 Å². The first-order chi connectivity index (χ1) is 9.04. The van der Waals surface area contributed by atoms with Crippen LogP contribution in [-0.2, 0) is 11.8 Å². The van der Waals surface area contributed by atoms with E-state index < -0.39 is 6.04 Å². The van der Waals surface area contributed by atoms with Gasteiger partial charge in [-0.1, -0.05) is 0 Å². The van der Waals surface area contributed by atoms with Gasteiger partial charge in [-0.3, -0.25) is 14.3 Å².